The Bertz CT molecular complexity index is 697. The first-order valence-corrected chi connectivity index (χ1v) is 7.52. The highest BCUT2D eigenvalue weighted by Crippen LogP contribution is 2.32. The van der Waals surface area contributed by atoms with Gasteiger partial charge in [-0.15, -0.1) is 0 Å². The number of nitriles is 1. The van der Waals surface area contributed by atoms with Crippen molar-refractivity contribution in [1.82, 2.24) is 0 Å². The summed E-state index contributed by atoms with van der Waals surface area (Å²) in [5, 5.41) is 12.9. The maximum Gasteiger partial charge on any atom is 0.124 e. The molecular weight excluding hydrogens is 352 g/mol. The van der Waals surface area contributed by atoms with E-state index in [9.17, 15) is 0 Å². The Balaban J connectivity index is 2.28. The van der Waals surface area contributed by atoms with Crippen molar-refractivity contribution in [2.75, 3.05) is 12.4 Å². The number of ether oxygens (including phenoxy) is 1. The second-order valence-corrected chi connectivity index (χ2v) is 5.85. The average Bonchev–Trinajstić information content (AvgIpc) is 2.49. The van der Waals surface area contributed by atoms with Gasteiger partial charge in [0, 0.05) is 20.7 Å². The normalized spacial score (nSPS) is 11.6. The number of methoxy groups -OCH3 is 1. The lowest BCUT2D eigenvalue weighted by Gasteiger charge is -2.19. The molecule has 1 atom stereocenters. The van der Waals surface area contributed by atoms with E-state index in [-0.39, 0.29) is 6.04 Å². The SMILES string of the molecule is COc1ccc(Cl)cc1C(C)Nc1ccc(C#N)cc1Br. The summed E-state index contributed by atoms with van der Waals surface area (Å²) in [6.07, 6.45) is 0. The van der Waals surface area contributed by atoms with Gasteiger partial charge in [-0.1, -0.05) is 11.6 Å². The molecule has 0 aliphatic carbocycles. The predicted octanol–water partition coefficient (Wildman–Crippen LogP) is 5.16. The van der Waals surface area contributed by atoms with Crippen LogP contribution in [0.5, 0.6) is 5.75 Å². The number of anilines is 1. The molecule has 2 rings (SSSR count). The van der Waals surface area contributed by atoms with Crippen molar-refractivity contribution < 1.29 is 4.74 Å². The number of halogens is 2. The molecule has 3 nitrogen and oxygen atoms in total. The van der Waals surface area contributed by atoms with Crippen LogP contribution >= 0.6 is 27.5 Å². The van der Waals surface area contributed by atoms with Crippen molar-refractivity contribution in [3.05, 3.63) is 57.0 Å². The number of hydrogen-bond donors (Lipinski definition) is 1. The highest BCUT2D eigenvalue weighted by molar-refractivity contribution is 9.10. The molecule has 0 aliphatic rings. The highest BCUT2D eigenvalue weighted by Gasteiger charge is 2.13. The standard InChI is InChI=1S/C16H14BrClN2O/c1-10(13-8-12(18)4-6-16(13)21-2)20-15-5-3-11(9-19)7-14(15)17/h3-8,10,20H,1-2H3. The van der Waals surface area contributed by atoms with Gasteiger partial charge in [-0.05, 0) is 59.3 Å². The van der Waals surface area contributed by atoms with E-state index in [1.54, 1.807) is 25.3 Å². The van der Waals surface area contributed by atoms with Crippen LogP contribution in [0, 0.1) is 11.3 Å². The molecule has 0 radical (unpaired) electrons. The van der Waals surface area contributed by atoms with Gasteiger partial charge in [-0.25, -0.2) is 0 Å². The number of nitrogens with one attached hydrogen (secondary N) is 1. The fraction of sp³-hybridized carbons (Fsp3) is 0.188. The van der Waals surface area contributed by atoms with Gasteiger partial charge in [0.1, 0.15) is 5.75 Å². The first-order chi connectivity index (χ1) is 10.0. The molecule has 0 saturated carbocycles. The monoisotopic (exact) mass is 364 g/mol. The van der Waals surface area contributed by atoms with Crippen LogP contribution in [0.2, 0.25) is 5.02 Å². The van der Waals surface area contributed by atoms with E-state index >= 15 is 0 Å². The number of nitrogens with zero attached hydrogens (tertiary/aromatic N) is 1. The summed E-state index contributed by atoms with van der Waals surface area (Å²) >= 11 is 9.53. The van der Waals surface area contributed by atoms with Crippen LogP contribution in [0.4, 0.5) is 5.69 Å². The number of hydrogen-bond acceptors (Lipinski definition) is 3. The summed E-state index contributed by atoms with van der Waals surface area (Å²) < 4.78 is 6.21. The maximum atomic E-state index is 8.89. The van der Waals surface area contributed by atoms with Gasteiger partial charge in [-0.2, -0.15) is 5.26 Å². The van der Waals surface area contributed by atoms with Crippen molar-refractivity contribution in [2.24, 2.45) is 0 Å². The van der Waals surface area contributed by atoms with Crippen molar-refractivity contribution >= 4 is 33.2 Å². The molecule has 5 heteroatoms. The molecule has 0 amide bonds. The van der Waals surface area contributed by atoms with Gasteiger partial charge in [0.05, 0.1) is 24.8 Å². The Hall–Kier alpha value is -1.70. The van der Waals surface area contributed by atoms with E-state index in [0.717, 1.165) is 21.5 Å². The number of benzene rings is 2. The van der Waals surface area contributed by atoms with Crippen molar-refractivity contribution in [1.29, 1.82) is 5.26 Å². The molecule has 2 aromatic carbocycles. The van der Waals surface area contributed by atoms with Crippen molar-refractivity contribution in [3.8, 4) is 11.8 Å². The molecule has 1 unspecified atom stereocenters. The summed E-state index contributed by atoms with van der Waals surface area (Å²) in [5.74, 6) is 0.782. The third-order valence-corrected chi connectivity index (χ3v) is 4.02. The first kappa shape index (κ1) is 15.7. The molecule has 21 heavy (non-hydrogen) atoms. The molecule has 0 heterocycles. The zero-order valence-electron chi connectivity index (χ0n) is 11.7. The van der Waals surface area contributed by atoms with Gasteiger partial charge in [0.25, 0.3) is 0 Å². The highest BCUT2D eigenvalue weighted by atomic mass is 79.9. The Labute approximate surface area is 137 Å². The molecule has 0 aliphatic heterocycles. The summed E-state index contributed by atoms with van der Waals surface area (Å²) in [5.41, 5.74) is 2.49. The molecule has 108 valence electrons. The van der Waals surface area contributed by atoms with Crippen LogP contribution in [0.15, 0.2) is 40.9 Å². The fourth-order valence-electron chi connectivity index (χ4n) is 2.06. The minimum Gasteiger partial charge on any atom is -0.496 e. The molecule has 1 N–H and O–H groups in total. The van der Waals surface area contributed by atoms with Crippen LogP contribution in [0.25, 0.3) is 0 Å². The average molecular weight is 366 g/mol. The van der Waals surface area contributed by atoms with E-state index in [2.05, 4.69) is 27.3 Å². The second kappa shape index (κ2) is 6.84. The predicted molar refractivity (Wildman–Crippen MR) is 88.9 cm³/mol. The van der Waals surface area contributed by atoms with E-state index in [0.29, 0.717) is 10.6 Å². The maximum absolute atomic E-state index is 8.89. The third-order valence-electron chi connectivity index (χ3n) is 3.13. The third kappa shape index (κ3) is 3.69. The van der Waals surface area contributed by atoms with Gasteiger partial charge in [0.15, 0.2) is 0 Å². The van der Waals surface area contributed by atoms with Crippen LogP contribution in [-0.2, 0) is 0 Å². The van der Waals surface area contributed by atoms with Crippen LogP contribution < -0.4 is 10.1 Å². The van der Waals surface area contributed by atoms with E-state index in [1.807, 2.05) is 25.1 Å². The molecule has 0 spiro atoms. The van der Waals surface area contributed by atoms with E-state index < -0.39 is 0 Å². The van der Waals surface area contributed by atoms with Crippen LogP contribution in [0.3, 0.4) is 0 Å². The topological polar surface area (TPSA) is 45.0 Å². The molecule has 0 saturated heterocycles. The van der Waals surface area contributed by atoms with Gasteiger partial charge < -0.3 is 10.1 Å². The lowest BCUT2D eigenvalue weighted by molar-refractivity contribution is 0.408. The Morgan fingerprint density at radius 1 is 1.29 bits per heavy atom. The Kier molecular flexibility index (Phi) is 5.11. The quantitative estimate of drug-likeness (QED) is 0.814. The van der Waals surface area contributed by atoms with Gasteiger partial charge in [-0.3, -0.25) is 0 Å². The number of rotatable bonds is 4. The van der Waals surface area contributed by atoms with Gasteiger partial charge >= 0.3 is 0 Å². The summed E-state index contributed by atoms with van der Waals surface area (Å²) in [7, 11) is 1.64. The minimum atomic E-state index is 0.00267. The van der Waals surface area contributed by atoms with Crippen LogP contribution in [0.1, 0.15) is 24.1 Å². The largest absolute Gasteiger partial charge is 0.496 e. The molecule has 2 aromatic rings. The van der Waals surface area contributed by atoms with Gasteiger partial charge in [0.2, 0.25) is 0 Å². The molecule has 0 aromatic heterocycles. The van der Waals surface area contributed by atoms with E-state index in [4.69, 9.17) is 21.6 Å². The van der Waals surface area contributed by atoms with Crippen molar-refractivity contribution in [3.63, 3.8) is 0 Å². The lowest BCUT2D eigenvalue weighted by atomic mass is 10.1. The zero-order valence-corrected chi connectivity index (χ0v) is 14.0. The van der Waals surface area contributed by atoms with Crippen LogP contribution in [-0.4, -0.2) is 7.11 Å². The van der Waals surface area contributed by atoms with E-state index in [1.165, 1.54) is 0 Å². The lowest BCUT2D eigenvalue weighted by Crippen LogP contribution is -2.08. The Morgan fingerprint density at radius 2 is 2.05 bits per heavy atom. The molecule has 0 fully saturated rings. The smallest absolute Gasteiger partial charge is 0.124 e. The minimum absolute atomic E-state index is 0.00267. The molecule has 0 bridgehead atoms. The summed E-state index contributed by atoms with van der Waals surface area (Å²) in [6.45, 7) is 2.03. The zero-order chi connectivity index (χ0) is 15.4. The first-order valence-electron chi connectivity index (χ1n) is 6.34. The summed E-state index contributed by atoms with van der Waals surface area (Å²) in [6, 6.07) is 13.1. The fourth-order valence-corrected chi connectivity index (χ4v) is 2.73. The van der Waals surface area contributed by atoms with Crippen molar-refractivity contribution in [2.45, 2.75) is 13.0 Å². The Morgan fingerprint density at radius 3 is 2.67 bits per heavy atom. The molecular formula is C16H14BrClN2O. The second-order valence-electron chi connectivity index (χ2n) is 4.56. The summed E-state index contributed by atoms with van der Waals surface area (Å²) in [4.78, 5) is 0.